The number of hydrogen-bond donors (Lipinski definition) is 1. The van der Waals surface area contributed by atoms with Gasteiger partial charge in [-0.05, 0) is 43.3 Å². The molecule has 0 heterocycles. The normalized spacial score (nSPS) is 11.3. The summed E-state index contributed by atoms with van der Waals surface area (Å²) in [5.41, 5.74) is 0.536. The summed E-state index contributed by atoms with van der Waals surface area (Å²) < 4.78 is 37.2. The zero-order valence-electron chi connectivity index (χ0n) is 15.6. The fourth-order valence-electron chi connectivity index (χ4n) is 2.45. The first kappa shape index (κ1) is 20.7. The van der Waals surface area contributed by atoms with Crippen LogP contribution in [0.5, 0.6) is 11.5 Å². The Balaban J connectivity index is 2.10. The minimum Gasteiger partial charge on any atom is -0.497 e. The van der Waals surface area contributed by atoms with Crippen LogP contribution in [-0.4, -0.2) is 45.4 Å². The van der Waals surface area contributed by atoms with Crippen LogP contribution in [0.15, 0.2) is 53.4 Å². The van der Waals surface area contributed by atoms with E-state index < -0.39 is 15.9 Å². The van der Waals surface area contributed by atoms with Crippen molar-refractivity contribution < 1.29 is 22.7 Å². The molecule has 146 valence electrons. The Hall–Kier alpha value is -2.58. The Kier molecular flexibility index (Phi) is 7.20. The Morgan fingerprint density at radius 1 is 1.07 bits per heavy atom. The lowest BCUT2D eigenvalue weighted by Gasteiger charge is -2.20. The molecule has 2 aromatic rings. The smallest absolute Gasteiger partial charge is 0.243 e. The second-order valence-electron chi connectivity index (χ2n) is 5.62. The Morgan fingerprint density at radius 3 is 2.37 bits per heavy atom. The van der Waals surface area contributed by atoms with E-state index in [1.165, 1.54) is 19.2 Å². The van der Waals surface area contributed by atoms with E-state index in [-0.39, 0.29) is 18.0 Å². The monoisotopic (exact) mass is 392 g/mol. The maximum Gasteiger partial charge on any atom is 0.243 e. The second-order valence-corrected chi connectivity index (χ2v) is 7.55. The van der Waals surface area contributed by atoms with E-state index >= 15 is 0 Å². The van der Waals surface area contributed by atoms with E-state index in [1.807, 2.05) is 6.92 Å². The molecule has 1 amide bonds. The molecule has 0 atom stereocenters. The topological polar surface area (TPSA) is 84.9 Å². The third-order valence-corrected chi connectivity index (χ3v) is 5.73. The van der Waals surface area contributed by atoms with Crippen molar-refractivity contribution >= 4 is 21.6 Å². The number of nitrogens with zero attached hydrogens (tertiary/aromatic N) is 1. The number of carbonyl (C=O) groups is 1. The first-order valence-electron chi connectivity index (χ1n) is 8.57. The number of benzene rings is 2. The van der Waals surface area contributed by atoms with E-state index in [4.69, 9.17) is 9.47 Å². The molecule has 0 aromatic heterocycles. The summed E-state index contributed by atoms with van der Waals surface area (Å²) in [5, 5.41) is 2.69. The molecule has 0 aliphatic heterocycles. The molecule has 2 aromatic carbocycles. The van der Waals surface area contributed by atoms with Gasteiger partial charge in [0.1, 0.15) is 11.5 Å². The Morgan fingerprint density at radius 2 is 1.78 bits per heavy atom. The zero-order chi connectivity index (χ0) is 19.9. The number of methoxy groups -OCH3 is 1. The molecule has 27 heavy (non-hydrogen) atoms. The van der Waals surface area contributed by atoms with E-state index in [9.17, 15) is 13.2 Å². The minimum absolute atomic E-state index is 0.113. The predicted octanol–water partition coefficient (Wildman–Crippen LogP) is 2.74. The molecule has 0 unspecified atom stereocenters. The summed E-state index contributed by atoms with van der Waals surface area (Å²) in [6.45, 7) is 3.91. The number of anilines is 1. The molecule has 0 aliphatic carbocycles. The van der Waals surface area contributed by atoms with Crippen LogP contribution < -0.4 is 14.8 Å². The summed E-state index contributed by atoms with van der Waals surface area (Å²) in [7, 11) is -2.26. The molecule has 0 saturated heterocycles. The van der Waals surface area contributed by atoms with Crippen LogP contribution in [0.3, 0.4) is 0 Å². The molecule has 2 rings (SSSR count). The third-order valence-electron chi connectivity index (χ3n) is 3.80. The van der Waals surface area contributed by atoms with E-state index in [0.29, 0.717) is 23.8 Å². The highest BCUT2D eigenvalue weighted by Gasteiger charge is 2.25. The summed E-state index contributed by atoms with van der Waals surface area (Å²) in [4.78, 5) is 12.4. The highest BCUT2D eigenvalue weighted by molar-refractivity contribution is 7.89. The van der Waals surface area contributed by atoms with E-state index in [0.717, 1.165) is 4.31 Å². The molecule has 8 heteroatoms. The van der Waals surface area contributed by atoms with Crippen molar-refractivity contribution in [1.29, 1.82) is 0 Å². The average molecular weight is 392 g/mol. The number of hydrogen-bond acceptors (Lipinski definition) is 5. The molecule has 0 radical (unpaired) electrons. The van der Waals surface area contributed by atoms with Crippen LogP contribution in [0.4, 0.5) is 5.69 Å². The van der Waals surface area contributed by atoms with Crippen LogP contribution in [0, 0.1) is 0 Å². The summed E-state index contributed by atoms with van der Waals surface area (Å²) in [5.74, 6) is 0.761. The molecule has 1 N–H and O–H groups in total. The maximum atomic E-state index is 12.8. The number of sulfonamides is 1. The van der Waals surface area contributed by atoms with Gasteiger partial charge in [0.15, 0.2) is 0 Å². The quantitative estimate of drug-likeness (QED) is 0.709. The molecule has 0 saturated carbocycles. The predicted molar refractivity (Wildman–Crippen MR) is 104 cm³/mol. The van der Waals surface area contributed by atoms with Gasteiger partial charge < -0.3 is 14.8 Å². The second kappa shape index (κ2) is 9.38. The molecular formula is C19H24N2O5S. The fourth-order valence-corrected chi connectivity index (χ4v) is 3.86. The van der Waals surface area contributed by atoms with Crippen molar-refractivity contribution in [2.24, 2.45) is 0 Å². The van der Waals surface area contributed by atoms with Crippen LogP contribution in [0.1, 0.15) is 13.8 Å². The van der Waals surface area contributed by atoms with Gasteiger partial charge in [-0.25, -0.2) is 8.42 Å². The van der Waals surface area contributed by atoms with Gasteiger partial charge in [0.05, 0.1) is 25.2 Å². The lowest BCUT2D eigenvalue weighted by Crippen LogP contribution is -2.37. The summed E-state index contributed by atoms with van der Waals surface area (Å²) >= 11 is 0. The van der Waals surface area contributed by atoms with Gasteiger partial charge in [-0.3, -0.25) is 4.79 Å². The SMILES string of the molecule is CCOc1ccc(S(=O)(=O)N(CC)CC(=O)Nc2cccc(OC)c2)cc1. The van der Waals surface area contributed by atoms with Gasteiger partial charge >= 0.3 is 0 Å². The van der Waals surface area contributed by atoms with Crippen molar-refractivity contribution in [1.82, 2.24) is 4.31 Å². The molecule has 0 fully saturated rings. The van der Waals surface area contributed by atoms with Crippen molar-refractivity contribution in [3.05, 3.63) is 48.5 Å². The van der Waals surface area contributed by atoms with Gasteiger partial charge in [-0.15, -0.1) is 0 Å². The van der Waals surface area contributed by atoms with Gasteiger partial charge in [-0.2, -0.15) is 4.31 Å². The van der Waals surface area contributed by atoms with Gasteiger partial charge in [0, 0.05) is 18.3 Å². The van der Waals surface area contributed by atoms with Crippen LogP contribution in [0.2, 0.25) is 0 Å². The first-order valence-corrected chi connectivity index (χ1v) is 10.0. The van der Waals surface area contributed by atoms with Crippen molar-refractivity contribution in [3.63, 3.8) is 0 Å². The van der Waals surface area contributed by atoms with Crippen molar-refractivity contribution in [2.75, 3.05) is 32.1 Å². The number of carbonyl (C=O) groups excluding carboxylic acids is 1. The first-order chi connectivity index (χ1) is 12.9. The number of likely N-dealkylation sites (N-methyl/N-ethyl adjacent to an activating group) is 1. The standard InChI is InChI=1S/C19H24N2O5S/c1-4-21(14-19(22)20-15-7-6-8-17(13-15)25-3)27(23,24)18-11-9-16(10-12-18)26-5-2/h6-13H,4-5,14H2,1-3H3,(H,20,22). The van der Waals surface area contributed by atoms with Gasteiger partial charge in [-0.1, -0.05) is 13.0 Å². The zero-order valence-corrected chi connectivity index (χ0v) is 16.5. The number of ether oxygens (including phenoxy) is 2. The number of rotatable bonds is 9. The van der Waals surface area contributed by atoms with Crippen LogP contribution >= 0.6 is 0 Å². The molecule has 0 bridgehead atoms. The average Bonchev–Trinajstić information content (AvgIpc) is 2.66. The largest absolute Gasteiger partial charge is 0.497 e. The van der Waals surface area contributed by atoms with Crippen molar-refractivity contribution in [3.8, 4) is 11.5 Å². The molecule has 7 nitrogen and oxygen atoms in total. The van der Waals surface area contributed by atoms with Crippen LogP contribution in [0.25, 0.3) is 0 Å². The number of amides is 1. The van der Waals surface area contributed by atoms with Crippen molar-refractivity contribution in [2.45, 2.75) is 18.7 Å². The van der Waals surface area contributed by atoms with E-state index in [1.54, 1.807) is 43.3 Å². The third kappa shape index (κ3) is 5.45. The lowest BCUT2D eigenvalue weighted by molar-refractivity contribution is -0.116. The van der Waals surface area contributed by atoms with Crippen LogP contribution in [-0.2, 0) is 14.8 Å². The maximum absolute atomic E-state index is 12.8. The summed E-state index contributed by atoms with van der Waals surface area (Å²) in [6.07, 6.45) is 0. The highest BCUT2D eigenvalue weighted by Crippen LogP contribution is 2.20. The number of nitrogens with one attached hydrogen (secondary N) is 1. The fraction of sp³-hybridized carbons (Fsp3) is 0.316. The summed E-state index contributed by atoms with van der Waals surface area (Å²) in [6, 6.07) is 13.0. The van der Waals surface area contributed by atoms with Gasteiger partial charge in [0.2, 0.25) is 15.9 Å². The minimum atomic E-state index is -3.79. The Labute approximate surface area is 160 Å². The lowest BCUT2D eigenvalue weighted by atomic mass is 10.3. The molecular weight excluding hydrogens is 368 g/mol. The molecule has 0 spiro atoms. The Bertz CT molecular complexity index is 866. The van der Waals surface area contributed by atoms with E-state index in [2.05, 4.69) is 5.32 Å². The molecule has 0 aliphatic rings. The van der Waals surface area contributed by atoms with Gasteiger partial charge in [0.25, 0.3) is 0 Å². The highest BCUT2D eigenvalue weighted by atomic mass is 32.2.